The van der Waals surface area contributed by atoms with Crippen LogP contribution in [0.15, 0.2) is 72.9 Å². The van der Waals surface area contributed by atoms with Gasteiger partial charge in [0.15, 0.2) is 0 Å². The first kappa shape index (κ1) is 24.8. The standard InChI is InChI=1S/C28H34N4O3/c1-21(28(35-2)23-13-15-24(16-14-23)32-18-8-12-27(32)34)9-6-7-17-31-19-26(29-30-31)25(20-33)22-10-4-3-5-11-22/h3-6,9-11,13-16,19,21,25,28,33H,7-8,12,17-18,20H2,1-2H3/b9-6+/t21-,25?,28+/m1/s1. The molecular formula is C28H34N4O3. The van der Waals surface area contributed by atoms with E-state index < -0.39 is 0 Å². The summed E-state index contributed by atoms with van der Waals surface area (Å²) in [6.07, 6.45) is 8.54. The number of benzene rings is 2. The molecule has 3 aromatic rings. The van der Waals surface area contributed by atoms with Gasteiger partial charge in [-0.3, -0.25) is 9.48 Å². The highest BCUT2D eigenvalue weighted by Gasteiger charge is 2.23. The first-order chi connectivity index (χ1) is 17.1. The van der Waals surface area contributed by atoms with Crippen molar-refractivity contribution in [1.82, 2.24) is 15.0 Å². The summed E-state index contributed by atoms with van der Waals surface area (Å²) < 4.78 is 7.62. The summed E-state index contributed by atoms with van der Waals surface area (Å²) in [5, 5.41) is 18.4. The van der Waals surface area contributed by atoms with Gasteiger partial charge < -0.3 is 14.7 Å². The minimum Gasteiger partial charge on any atom is -0.395 e. The molecule has 1 N–H and O–H groups in total. The molecule has 0 spiro atoms. The Morgan fingerprint density at radius 3 is 2.54 bits per heavy atom. The molecule has 1 saturated heterocycles. The van der Waals surface area contributed by atoms with Crippen molar-refractivity contribution in [2.75, 3.05) is 25.2 Å². The van der Waals surface area contributed by atoms with Gasteiger partial charge in [0.25, 0.3) is 0 Å². The van der Waals surface area contributed by atoms with Crippen molar-refractivity contribution in [3.05, 3.63) is 89.8 Å². The van der Waals surface area contributed by atoms with Gasteiger partial charge in [0.05, 0.1) is 24.3 Å². The van der Waals surface area contributed by atoms with E-state index in [-0.39, 0.29) is 30.5 Å². The van der Waals surface area contributed by atoms with Crippen molar-refractivity contribution in [3.8, 4) is 0 Å². The van der Waals surface area contributed by atoms with Crippen LogP contribution >= 0.6 is 0 Å². The molecule has 1 aromatic heterocycles. The van der Waals surface area contributed by atoms with Gasteiger partial charge in [-0.25, -0.2) is 0 Å². The molecule has 35 heavy (non-hydrogen) atoms. The minimum atomic E-state index is -0.169. The van der Waals surface area contributed by atoms with Crippen molar-refractivity contribution in [2.24, 2.45) is 5.92 Å². The van der Waals surface area contributed by atoms with Crippen molar-refractivity contribution in [3.63, 3.8) is 0 Å². The molecule has 0 saturated carbocycles. The smallest absolute Gasteiger partial charge is 0.227 e. The predicted octanol–water partition coefficient (Wildman–Crippen LogP) is 4.50. The summed E-state index contributed by atoms with van der Waals surface area (Å²) in [6.45, 7) is 3.64. The number of anilines is 1. The first-order valence-electron chi connectivity index (χ1n) is 12.3. The number of aliphatic hydroxyl groups is 1. The Labute approximate surface area is 207 Å². The lowest BCUT2D eigenvalue weighted by Gasteiger charge is -2.22. The second kappa shape index (κ2) is 11.9. The van der Waals surface area contributed by atoms with E-state index in [4.69, 9.17) is 4.74 Å². The summed E-state index contributed by atoms with van der Waals surface area (Å²) in [4.78, 5) is 13.8. The van der Waals surface area contributed by atoms with E-state index in [0.717, 1.165) is 41.9 Å². The largest absolute Gasteiger partial charge is 0.395 e. The highest BCUT2D eigenvalue weighted by Crippen LogP contribution is 2.29. The zero-order chi connectivity index (χ0) is 24.6. The number of aliphatic hydroxyl groups excluding tert-OH is 1. The van der Waals surface area contributed by atoms with E-state index in [0.29, 0.717) is 13.0 Å². The molecule has 2 aromatic carbocycles. The van der Waals surface area contributed by atoms with Crippen LogP contribution in [0.3, 0.4) is 0 Å². The number of amides is 1. The number of hydrogen-bond acceptors (Lipinski definition) is 5. The van der Waals surface area contributed by atoms with Crippen molar-refractivity contribution >= 4 is 11.6 Å². The monoisotopic (exact) mass is 474 g/mol. The maximum atomic E-state index is 12.0. The van der Waals surface area contributed by atoms with Crippen molar-refractivity contribution < 1.29 is 14.6 Å². The van der Waals surface area contributed by atoms with Crippen LogP contribution in [0.1, 0.15) is 55.0 Å². The van der Waals surface area contributed by atoms with Gasteiger partial charge in [0, 0.05) is 44.4 Å². The third-order valence-electron chi connectivity index (χ3n) is 6.60. The molecule has 1 aliphatic rings. The molecule has 1 aliphatic heterocycles. The van der Waals surface area contributed by atoms with E-state index in [1.165, 1.54) is 0 Å². The highest BCUT2D eigenvalue weighted by molar-refractivity contribution is 5.95. The summed E-state index contributed by atoms with van der Waals surface area (Å²) >= 11 is 0. The summed E-state index contributed by atoms with van der Waals surface area (Å²) in [6, 6.07) is 18.0. The summed E-state index contributed by atoms with van der Waals surface area (Å²) in [5.41, 5.74) is 3.85. The minimum absolute atomic E-state index is 0.00610. The first-order valence-corrected chi connectivity index (χ1v) is 12.3. The number of rotatable bonds is 11. The Bertz CT molecular complexity index is 1110. The fraction of sp³-hybridized carbons (Fsp3) is 0.393. The second-order valence-corrected chi connectivity index (χ2v) is 9.03. The Hall–Kier alpha value is -3.29. The quantitative estimate of drug-likeness (QED) is 0.414. The van der Waals surface area contributed by atoms with Crippen LogP contribution in [0, 0.1) is 5.92 Å². The van der Waals surface area contributed by atoms with Crippen LogP contribution in [0.25, 0.3) is 0 Å². The van der Waals surface area contributed by atoms with Gasteiger partial charge >= 0.3 is 0 Å². The van der Waals surface area contributed by atoms with Crippen LogP contribution in [-0.2, 0) is 16.1 Å². The van der Waals surface area contributed by atoms with E-state index in [1.54, 1.807) is 7.11 Å². The number of ether oxygens (including phenoxy) is 1. The van der Waals surface area contributed by atoms with E-state index in [2.05, 4.69) is 41.5 Å². The topological polar surface area (TPSA) is 80.5 Å². The number of hydrogen-bond donors (Lipinski definition) is 1. The Balaban J connectivity index is 1.31. The maximum absolute atomic E-state index is 12.0. The van der Waals surface area contributed by atoms with Gasteiger partial charge in [0.1, 0.15) is 0 Å². The van der Waals surface area contributed by atoms with E-state index in [1.807, 2.05) is 58.2 Å². The van der Waals surface area contributed by atoms with Crippen molar-refractivity contribution in [2.45, 2.75) is 44.8 Å². The average Bonchev–Trinajstić information content (AvgIpc) is 3.53. The number of allylic oxidation sites excluding steroid dienone is 1. The van der Waals surface area contributed by atoms with Gasteiger partial charge in [-0.15, -0.1) is 5.10 Å². The third kappa shape index (κ3) is 6.05. The number of aryl methyl sites for hydroxylation is 1. The Kier molecular flexibility index (Phi) is 8.45. The lowest BCUT2D eigenvalue weighted by molar-refractivity contribution is -0.117. The number of aromatic nitrogens is 3. The molecule has 0 aliphatic carbocycles. The maximum Gasteiger partial charge on any atom is 0.227 e. The Morgan fingerprint density at radius 2 is 1.89 bits per heavy atom. The molecule has 184 valence electrons. The average molecular weight is 475 g/mol. The van der Waals surface area contributed by atoms with E-state index in [9.17, 15) is 9.90 Å². The number of nitrogens with zero attached hydrogens (tertiary/aromatic N) is 4. The molecular weight excluding hydrogens is 440 g/mol. The Morgan fingerprint density at radius 1 is 1.11 bits per heavy atom. The van der Waals surface area contributed by atoms with Gasteiger partial charge in [-0.1, -0.05) is 66.8 Å². The lowest BCUT2D eigenvalue weighted by atomic mass is 9.96. The molecule has 7 heteroatoms. The SMILES string of the molecule is CO[C@H](c1ccc(N2CCCC2=O)cc1)[C@H](C)/C=C/CCn1cc(C(CO)c2ccccc2)nn1. The molecule has 3 atom stereocenters. The molecule has 0 radical (unpaired) electrons. The highest BCUT2D eigenvalue weighted by atomic mass is 16.5. The van der Waals surface area contributed by atoms with Crippen LogP contribution < -0.4 is 4.90 Å². The van der Waals surface area contributed by atoms with E-state index >= 15 is 0 Å². The predicted molar refractivity (Wildman–Crippen MR) is 136 cm³/mol. The van der Waals surface area contributed by atoms with Crippen LogP contribution in [0.5, 0.6) is 0 Å². The summed E-state index contributed by atoms with van der Waals surface area (Å²) in [7, 11) is 1.73. The number of methoxy groups -OCH3 is 1. The molecule has 0 bridgehead atoms. The normalized spacial score (nSPS) is 16.7. The molecule has 4 rings (SSSR count). The molecule has 1 unspecified atom stereocenters. The zero-order valence-corrected chi connectivity index (χ0v) is 20.5. The van der Waals surface area contributed by atoms with Crippen LogP contribution in [-0.4, -0.2) is 46.3 Å². The zero-order valence-electron chi connectivity index (χ0n) is 20.5. The van der Waals surface area contributed by atoms with Crippen LogP contribution in [0.4, 0.5) is 5.69 Å². The van der Waals surface area contributed by atoms with Gasteiger partial charge in [-0.05, 0) is 36.1 Å². The van der Waals surface area contributed by atoms with Gasteiger partial charge in [0.2, 0.25) is 5.91 Å². The van der Waals surface area contributed by atoms with Gasteiger partial charge in [-0.2, -0.15) is 0 Å². The summed E-state index contributed by atoms with van der Waals surface area (Å²) in [5.74, 6) is 0.212. The van der Waals surface area contributed by atoms with Crippen molar-refractivity contribution in [1.29, 1.82) is 0 Å². The number of carbonyl (C=O) groups is 1. The molecule has 1 fully saturated rings. The fourth-order valence-corrected chi connectivity index (χ4v) is 4.68. The third-order valence-corrected chi connectivity index (χ3v) is 6.60. The molecule has 1 amide bonds. The molecule has 7 nitrogen and oxygen atoms in total. The molecule has 2 heterocycles. The number of carbonyl (C=O) groups excluding carboxylic acids is 1. The van der Waals surface area contributed by atoms with Crippen LogP contribution in [0.2, 0.25) is 0 Å². The fourth-order valence-electron chi connectivity index (χ4n) is 4.68. The second-order valence-electron chi connectivity index (χ2n) is 9.03. The lowest BCUT2D eigenvalue weighted by Crippen LogP contribution is -2.23.